The molecule has 0 aromatic heterocycles. The van der Waals surface area contributed by atoms with E-state index in [0.29, 0.717) is 22.6 Å². The maximum Gasteiger partial charge on any atom is 0.168 e. The van der Waals surface area contributed by atoms with Crippen molar-refractivity contribution in [2.75, 3.05) is 7.11 Å². The van der Waals surface area contributed by atoms with E-state index in [4.69, 9.17) is 4.74 Å². The Morgan fingerprint density at radius 2 is 1.45 bits per heavy atom. The zero-order valence-electron chi connectivity index (χ0n) is 24.3. The van der Waals surface area contributed by atoms with E-state index < -0.39 is 0 Å². The van der Waals surface area contributed by atoms with Gasteiger partial charge in [0.25, 0.3) is 0 Å². The van der Waals surface area contributed by atoms with Gasteiger partial charge in [-0.15, -0.1) is 0 Å². The van der Waals surface area contributed by atoms with Gasteiger partial charge in [0.1, 0.15) is 0 Å². The summed E-state index contributed by atoms with van der Waals surface area (Å²) in [5.74, 6) is 1.37. The standard InChI is InChI=1S/C35H50FNO/c1-4-6-8-10-11-12-14-16-29-21-24-33(35(38-3)34(29)36)32-23-22-30(25-31(32)26-37)28-19-17-27(18-20-28)15-13-9-7-5-2/h21-25,27-28H,4-20H2,1-3H3. The van der Waals surface area contributed by atoms with Gasteiger partial charge in [0.2, 0.25) is 0 Å². The number of hydrogen-bond donors (Lipinski definition) is 0. The number of methoxy groups -OCH3 is 1. The summed E-state index contributed by atoms with van der Waals surface area (Å²) in [5.41, 5.74) is 4.01. The maximum atomic E-state index is 15.5. The van der Waals surface area contributed by atoms with E-state index in [2.05, 4.69) is 26.0 Å². The molecule has 0 bridgehead atoms. The average molecular weight is 520 g/mol. The van der Waals surface area contributed by atoms with Gasteiger partial charge >= 0.3 is 0 Å². The fraction of sp³-hybridized carbons (Fsp3) is 0.629. The highest BCUT2D eigenvalue weighted by molar-refractivity contribution is 5.77. The Hall–Kier alpha value is -2.34. The summed E-state index contributed by atoms with van der Waals surface area (Å²) in [5, 5.41) is 10.0. The number of unbranched alkanes of at least 4 members (excludes halogenated alkanes) is 9. The Balaban J connectivity index is 1.64. The molecule has 2 aromatic rings. The van der Waals surface area contributed by atoms with Crippen LogP contribution in [0.5, 0.6) is 5.75 Å². The van der Waals surface area contributed by atoms with Gasteiger partial charge in [-0.1, -0.05) is 109 Å². The topological polar surface area (TPSA) is 33.0 Å². The van der Waals surface area contributed by atoms with Crippen molar-refractivity contribution in [3.05, 3.63) is 52.8 Å². The van der Waals surface area contributed by atoms with Crippen molar-refractivity contribution in [2.24, 2.45) is 5.92 Å². The summed E-state index contributed by atoms with van der Waals surface area (Å²) in [4.78, 5) is 0. The second-order valence-corrected chi connectivity index (χ2v) is 11.5. The number of halogens is 1. The Kier molecular flexibility index (Phi) is 13.2. The zero-order valence-corrected chi connectivity index (χ0v) is 24.3. The molecule has 0 aliphatic heterocycles. The number of nitrogens with zero attached hydrogens (tertiary/aromatic N) is 1. The van der Waals surface area contributed by atoms with Gasteiger partial charge < -0.3 is 4.74 Å². The second-order valence-electron chi connectivity index (χ2n) is 11.5. The maximum absolute atomic E-state index is 15.5. The molecule has 3 heteroatoms. The summed E-state index contributed by atoms with van der Waals surface area (Å²) in [6.45, 7) is 4.50. The summed E-state index contributed by atoms with van der Waals surface area (Å²) in [6.07, 6.45) is 20.9. The molecule has 38 heavy (non-hydrogen) atoms. The predicted octanol–water partition coefficient (Wildman–Crippen LogP) is 10.9. The van der Waals surface area contributed by atoms with Crippen molar-refractivity contribution < 1.29 is 9.13 Å². The summed E-state index contributed by atoms with van der Waals surface area (Å²) >= 11 is 0. The van der Waals surface area contributed by atoms with Crippen molar-refractivity contribution in [2.45, 2.75) is 129 Å². The van der Waals surface area contributed by atoms with Gasteiger partial charge in [0.05, 0.1) is 18.7 Å². The predicted molar refractivity (Wildman–Crippen MR) is 158 cm³/mol. The van der Waals surface area contributed by atoms with Gasteiger partial charge in [-0.2, -0.15) is 5.26 Å². The molecule has 0 spiro atoms. The lowest BCUT2D eigenvalue weighted by Gasteiger charge is -2.29. The van der Waals surface area contributed by atoms with Crippen molar-refractivity contribution in [3.8, 4) is 22.9 Å². The number of hydrogen-bond acceptors (Lipinski definition) is 2. The van der Waals surface area contributed by atoms with Crippen molar-refractivity contribution in [1.29, 1.82) is 5.26 Å². The van der Waals surface area contributed by atoms with Crippen molar-refractivity contribution in [1.82, 2.24) is 0 Å². The minimum Gasteiger partial charge on any atom is -0.493 e. The monoisotopic (exact) mass is 519 g/mol. The van der Waals surface area contributed by atoms with Crippen LogP contribution >= 0.6 is 0 Å². The van der Waals surface area contributed by atoms with Crippen LogP contribution in [0.3, 0.4) is 0 Å². The molecule has 2 nitrogen and oxygen atoms in total. The number of nitriles is 1. The Labute approximate surface area is 232 Å². The third kappa shape index (κ3) is 8.59. The molecule has 2 aromatic carbocycles. The third-order valence-corrected chi connectivity index (χ3v) is 8.67. The van der Waals surface area contributed by atoms with Crippen LogP contribution in [0.1, 0.15) is 139 Å². The van der Waals surface area contributed by atoms with Crippen LogP contribution in [0.15, 0.2) is 30.3 Å². The highest BCUT2D eigenvalue weighted by Crippen LogP contribution is 2.41. The molecule has 0 atom stereocenters. The summed E-state index contributed by atoms with van der Waals surface area (Å²) < 4.78 is 21.0. The minimum absolute atomic E-state index is 0.262. The fourth-order valence-electron chi connectivity index (χ4n) is 6.26. The summed E-state index contributed by atoms with van der Waals surface area (Å²) in [7, 11) is 1.53. The Bertz CT molecular complexity index is 1020. The molecule has 0 heterocycles. The molecule has 1 aliphatic rings. The first kappa shape index (κ1) is 30.2. The van der Waals surface area contributed by atoms with E-state index in [-0.39, 0.29) is 11.6 Å². The highest BCUT2D eigenvalue weighted by Gasteiger charge is 2.24. The molecular weight excluding hydrogens is 469 g/mol. The van der Waals surface area contributed by atoms with E-state index in [1.807, 2.05) is 24.3 Å². The van der Waals surface area contributed by atoms with Gasteiger partial charge in [-0.3, -0.25) is 0 Å². The number of rotatable bonds is 16. The van der Waals surface area contributed by atoms with Gasteiger partial charge in [-0.05, 0) is 67.6 Å². The van der Waals surface area contributed by atoms with E-state index in [1.165, 1.54) is 103 Å². The first-order chi connectivity index (χ1) is 18.6. The van der Waals surface area contributed by atoms with E-state index in [0.717, 1.165) is 30.7 Å². The molecule has 0 amide bonds. The molecule has 3 rings (SSSR count). The quantitative estimate of drug-likeness (QED) is 0.207. The first-order valence-corrected chi connectivity index (χ1v) is 15.5. The zero-order chi connectivity index (χ0) is 27.2. The third-order valence-electron chi connectivity index (χ3n) is 8.67. The molecule has 1 fully saturated rings. The normalized spacial score (nSPS) is 17.3. The molecule has 0 radical (unpaired) electrons. The Morgan fingerprint density at radius 3 is 2.11 bits per heavy atom. The largest absolute Gasteiger partial charge is 0.493 e. The van der Waals surface area contributed by atoms with Crippen LogP contribution in [-0.2, 0) is 6.42 Å². The molecule has 1 aliphatic carbocycles. The van der Waals surface area contributed by atoms with Gasteiger partial charge in [0.15, 0.2) is 11.6 Å². The summed E-state index contributed by atoms with van der Waals surface area (Å²) in [6, 6.07) is 12.4. The number of aryl methyl sites for hydroxylation is 1. The molecular formula is C35H50FNO. The SMILES string of the molecule is CCCCCCCCCc1ccc(-c2ccc(C3CCC(CCCCCC)CC3)cc2C#N)c(OC)c1F. The van der Waals surface area contributed by atoms with Gasteiger partial charge in [0, 0.05) is 11.1 Å². The molecule has 1 saturated carbocycles. The lowest BCUT2D eigenvalue weighted by atomic mass is 9.76. The number of ether oxygens (including phenoxy) is 1. The van der Waals surface area contributed by atoms with Crippen LogP contribution < -0.4 is 4.74 Å². The lowest BCUT2D eigenvalue weighted by molar-refractivity contribution is 0.302. The van der Waals surface area contributed by atoms with Crippen LogP contribution in [0.4, 0.5) is 4.39 Å². The van der Waals surface area contributed by atoms with Crippen molar-refractivity contribution in [3.63, 3.8) is 0 Å². The molecule has 0 saturated heterocycles. The second kappa shape index (κ2) is 16.6. The fourth-order valence-corrected chi connectivity index (χ4v) is 6.26. The van der Waals surface area contributed by atoms with Crippen LogP contribution in [0, 0.1) is 23.1 Å². The highest BCUT2D eigenvalue weighted by atomic mass is 19.1. The first-order valence-electron chi connectivity index (χ1n) is 15.5. The van der Waals surface area contributed by atoms with E-state index in [9.17, 15) is 5.26 Å². The minimum atomic E-state index is -0.277. The van der Waals surface area contributed by atoms with Crippen LogP contribution in [-0.4, -0.2) is 7.11 Å². The van der Waals surface area contributed by atoms with Crippen LogP contribution in [0.2, 0.25) is 0 Å². The van der Waals surface area contributed by atoms with Crippen LogP contribution in [0.25, 0.3) is 11.1 Å². The molecule has 0 unspecified atom stereocenters. The number of benzene rings is 2. The van der Waals surface area contributed by atoms with E-state index >= 15 is 4.39 Å². The van der Waals surface area contributed by atoms with Gasteiger partial charge in [-0.25, -0.2) is 4.39 Å². The smallest absolute Gasteiger partial charge is 0.168 e. The van der Waals surface area contributed by atoms with Crippen molar-refractivity contribution >= 4 is 0 Å². The Morgan fingerprint density at radius 1 is 0.816 bits per heavy atom. The molecule has 0 N–H and O–H groups in total. The molecule has 208 valence electrons. The van der Waals surface area contributed by atoms with E-state index in [1.54, 1.807) is 0 Å². The lowest BCUT2D eigenvalue weighted by Crippen LogP contribution is -2.13. The average Bonchev–Trinajstić information content (AvgIpc) is 2.95.